The number of H-pyrrole nitrogens is 1. The van der Waals surface area contributed by atoms with Crippen molar-refractivity contribution in [1.29, 1.82) is 0 Å². The second-order valence-corrected chi connectivity index (χ2v) is 7.28. The molecule has 0 fully saturated rings. The van der Waals surface area contributed by atoms with Gasteiger partial charge in [-0.05, 0) is 50.3 Å². The molecule has 0 bridgehead atoms. The van der Waals surface area contributed by atoms with Crippen molar-refractivity contribution in [3.05, 3.63) is 51.4 Å². The van der Waals surface area contributed by atoms with Crippen LogP contribution >= 0.6 is 11.8 Å². The summed E-state index contributed by atoms with van der Waals surface area (Å²) in [6, 6.07) is 7.83. The van der Waals surface area contributed by atoms with E-state index in [-0.39, 0.29) is 16.7 Å². The number of thioether (sulfide) groups is 1. The number of rotatable bonds is 5. The second-order valence-electron chi connectivity index (χ2n) is 5.95. The lowest BCUT2D eigenvalue weighted by atomic mass is 10.1. The van der Waals surface area contributed by atoms with Crippen molar-refractivity contribution in [3.8, 4) is 0 Å². The summed E-state index contributed by atoms with van der Waals surface area (Å²) in [4.78, 5) is 31.6. The number of hydrogen-bond acceptors (Lipinski definition) is 4. The van der Waals surface area contributed by atoms with Crippen LogP contribution in [0.4, 0.5) is 5.69 Å². The molecule has 1 amide bonds. The fourth-order valence-electron chi connectivity index (χ4n) is 2.76. The van der Waals surface area contributed by atoms with Crippen molar-refractivity contribution in [3.63, 3.8) is 0 Å². The summed E-state index contributed by atoms with van der Waals surface area (Å²) in [6.45, 7) is 3.91. The Hall–Kier alpha value is -2.08. The van der Waals surface area contributed by atoms with Gasteiger partial charge in [-0.3, -0.25) is 9.59 Å². The van der Waals surface area contributed by atoms with Gasteiger partial charge in [0.1, 0.15) is 0 Å². The van der Waals surface area contributed by atoms with Crippen LogP contribution in [0.1, 0.15) is 37.1 Å². The number of amides is 1. The van der Waals surface area contributed by atoms with Crippen LogP contribution in [0.15, 0.2) is 34.2 Å². The van der Waals surface area contributed by atoms with Gasteiger partial charge in [0, 0.05) is 11.3 Å². The van der Waals surface area contributed by atoms with Crippen LogP contribution in [0.3, 0.4) is 0 Å². The largest absolute Gasteiger partial charge is 0.325 e. The minimum absolute atomic E-state index is 0.0669. The molecule has 2 N–H and O–H groups in total. The number of aryl methyl sites for hydroxylation is 2. The zero-order chi connectivity index (χ0) is 17.1. The average Bonchev–Trinajstić information content (AvgIpc) is 3.04. The highest BCUT2D eigenvalue weighted by atomic mass is 32.2. The Morgan fingerprint density at radius 2 is 2.08 bits per heavy atom. The molecular weight excluding hydrogens is 322 g/mol. The lowest BCUT2D eigenvalue weighted by Crippen LogP contribution is -2.23. The number of aromatic amines is 1. The van der Waals surface area contributed by atoms with Crippen LogP contribution in [0.5, 0.6) is 0 Å². The van der Waals surface area contributed by atoms with Crippen LogP contribution in [0.2, 0.25) is 0 Å². The van der Waals surface area contributed by atoms with Crippen LogP contribution in [0, 0.1) is 0 Å². The molecule has 1 atom stereocenters. The first-order chi connectivity index (χ1) is 11.6. The number of fused-ring (bicyclic) bond motifs is 1. The number of nitrogens with zero attached hydrogens (tertiary/aromatic N) is 1. The van der Waals surface area contributed by atoms with Gasteiger partial charge in [0.2, 0.25) is 5.91 Å². The van der Waals surface area contributed by atoms with Gasteiger partial charge in [-0.15, -0.1) is 0 Å². The van der Waals surface area contributed by atoms with E-state index in [9.17, 15) is 9.59 Å². The summed E-state index contributed by atoms with van der Waals surface area (Å²) < 4.78 is 0. The minimum atomic E-state index is -0.349. The molecule has 1 aromatic heterocycles. The van der Waals surface area contributed by atoms with E-state index in [4.69, 9.17) is 0 Å². The fourth-order valence-corrected chi connectivity index (χ4v) is 3.58. The van der Waals surface area contributed by atoms with E-state index in [1.165, 1.54) is 17.3 Å². The molecule has 1 aliphatic rings. The van der Waals surface area contributed by atoms with Crippen molar-refractivity contribution in [1.82, 2.24) is 9.97 Å². The summed E-state index contributed by atoms with van der Waals surface area (Å²) in [5.41, 5.74) is 3.62. The maximum Gasteiger partial charge on any atom is 0.254 e. The maximum absolute atomic E-state index is 12.3. The molecule has 1 aromatic carbocycles. The summed E-state index contributed by atoms with van der Waals surface area (Å²) in [5, 5.41) is 3.07. The summed E-state index contributed by atoms with van der Waals surface area (Å²) in [5.74, 6) is -0.104. The lowest BCUT2D eigenvalue weighted by Gasteiger charge is -2.12. The van der Waals surface area contributed by atoms with Crippen LogP contribution in [-0.2, 0) is 24.1 Å². The normalized spacial score (nSPS) is 14.2. The Bertz CT molecular complexity index is 799. The van der Waals surface area contributed by atoms with Gasteiger partial charge in [-0.1, -0.05) is 30.8 Å². The molecule has 126 valence electrons. The number of nitrogens with one attached hydrogen (secondary N) is 2. The summed E-state index contributed by atoms with van der Waals surface area (Å²) in [7, 11) is 0. The zero-order valence-corrected chi connectivity index (χ0v) is 14.7. The highest BCUT2D eigenvalue weighted by molar-refractivity contribution is 8.00. The van der Waals surface area contributed by atoms with Gasteiger partial charge >= 0.3 is 0 Å². The molecular formula is C18H21N3O2S. The van der Waals surface area contributed by atoms with Crippen molar-refractivity contribution in [2.24, 2.45) is 0 Å². The Balaban J connectivity index is 1.65. The molecule has 5 nitrogen and oxygen atoms in total. The van der Waals surface area contributed by atoms with Crippen LogP contribution in [-0.4, -0.2) is 21.1 Å². The molecule has 3 rings (SSSR count). The van der Waals surface area contributed by atoms with Gasteiger partial charge in [-0.25, -0.2) is 4.98 Å². The Morgan fingerprint density at radius 3 is 2.79 bits per heavy atom. The number of aromatic nitrogens is 2. The predicted octanol–water partition coefficient (Wildman–Crippen LogP) is 2.94. The van der Waals surface area contributed by atoms with Crippen LogP contribution in [0.25, 0.3) is 0 Å². The average molecular weight is 343 g/mol. The summed E-state index contributed by atoms with van der Waals surface area (Å²) >= 11 is 1.28. The number of carbonyl (C=O) groups is 1. The number of carbonyl (C=O) groups excluding carboxylic acids is 1. The molecule has 0 aliphatic heterocycles. The predicted molar refractivity (Wildman–Crippen MR) is 96.7 cm³/mol. The first kappa shape index (κ1) is 16.8. The molecule has 0 saturated heterocycles. The van der Waals surface area contributed by atoms with E-state index in [0.29, 0.717) is 5.16 Å². The van der Waals surface area contributed by atoms with E-state index >= 15 is 0 Å². The van der Waals surface area contributed by atoms with Crippen molar-refractivity contribution < 1.29 is 4.79 Å². The van der Waals surface area contributed by atoms with Crippen LogP contribution < -0.4 is 10.9 Å². The summed E-state index contributed by atoms with van der Waals surface area (Å²) in [6.07, 6.45) is 3.59. The van der Waals surface area contributed by atoms with Gasteiger partial charge in [0.15, 0.2) is 5.16 Å². The molecule has 24 heavy (non-hydrogen) atoms. The lowest BCUT2D eigenvalue weighted by molar-refractivity contribution is -0.115. The number of hydrogen-bond donors (Lipinski definition) is 2. The van der Waals surface area contributed by atoms with Gasteiger partial charge in [-0.2, -0.15) is 0 Å². The third-order valence-corrected chi connectivity index (χ3v) is 5.19. The Labute approximate surface area is 145 Å². The quantitative estimate of drug-likeness (QED) is 0.646. The third kappa shape index (κ3) is 3.70. The highest BCUT2D eigenvalue weighted by Crippen LogP contribution is 2.23. The maximum atomic E-state index is 12.3. The smallest absolute Gasteiger partial charge is 0.254 e. The Kier molecular flexibility index (Phi) is 5.04. The highest BCUT2D eigenvalue weighted by Gasteiger charge is 2.20. The fraction of sp³-hybridized carbons (Fsp3) is 0.389. The molecule has 1 heterocycles. The van der Waals surface area contributed by atoms with Gasteiger partial charge in [0.05, 0.1) is 10.9 Å². The van der Waals surface area contributed by atoms with E-state index in [0.717, 1.165) is 42.6 Å². The topological polar surface area (TPSA) is 74.8 Å². The van der Waals surface area contributed by atoms with Gasteiger partial charge in [0.25, 0.3) is 5.56 Å². The monoisotopic (exact) mass is 343 g/mol. The van der Waals surface area contributed by atoms with Crippen molar-refractivity contribution in [2.45, 2.75) is 49.9 Å². The molecule has 0 unspecified atom stereocenters. The molecule has 2 aromatic rings. The minimum Gasteiger partial charge on any atom is -0.325 e. The van der Waals surface area contributed by atoms with E-state index in [1.807, 2.05) is 31.2 Å². The van der Waals surface area contributed by atoms with E-state index in [2.05, 4.69) is 22.2 Å². The standard InChI is InChI=1S/C18H21N3O2S/c1-3-12-7-9-13(10-8-12)19-16(22)11(2)24-18-20-15-6-4-5-14(15)17(23)21-18/h7-11H,3-6H2,1-2H3,(H,19,22)(H,20,21,23)/t11-/m1/s1. The third-order valence-electron chi connectivity index (χ3n) is 4.21. The molecule has 0 spiro atoms. The van der Waals surface area contributed by atoms with Gasteiger partial charge < -0.3 is 10.3 Å². The number of benzene rings is 1. The van der Waals surface area contributed by atoms with Crippen molar-refractivity contribution >= 4 is 23.4 Å². The number of anilines is 1. The second kappa shape index (κ2) is 7.21. The molecule has 6 heteroatoms. The van der Waals surface area contributed by atoms with E-state index < -0.39 is 0 Å². The Morgan fingerprint density at radius 1 is 1.33 bits per heavy atom. The molecule has 1 aliphatic carbocycles. The first-order valence-electron chi connectivity index (χ1n) is 8.25. The zero-order valence-electron chi connectivity index (χ0n) is 13.9. The molecule has 0 saturated carbocycles. The first-order valence-corrected chi connectivity index (χ1v) is 9.13. The molecule has 0 radical (unpaired) electrons. The van der Waals surface area contributed by atoms with E-state index in [1.54, 1.807) is 0 Å². The van der Waals surface area contributed by atoms with Crippen molar-refractivity contribution in [2.75, 3.05) is 5.32 Å². The SMILES string of the molecule is CCc1ccc(NC(=O)[C@@H](C)Sc2nc3c(c(=O)[nH]2)CCC3)cc1.